The second-order valence-electron chi connectivity index (χ2n) is 3.59. The average molecular weight is 222 g/mol. The first-order valence-corrected chi connectivity index (χ1v) is 4.78. The Labute approximate surface area is 93.1 Å². The third-order valence-electron chi connectivity index (χ3n) is 2.38. The Morgan fingerprint density at radius 3 is 2.44 bits per heavy atom. The Kier molecular flexibility index (Phi) is 3.63. The summed E-state index contributed by atoms with van der Waals surface area (Å²) in [5.41, 5.74) is 11.8. The highest BCUT2D eigenvalue weighted by molar-refractivity contribution is 5.97. The smallest absolute Gasteiger partial charge is 0.249 e. The molecule has 0 aliphatic carbocycles. The number of aliphatic hydroxyl groups excluding tert-OH is 1. The number of aliphatic hydroxyl groups is 1. The zero-order valence-corrected chi connectivity index (χ0v) is 8.93. The zero-order valence-electron chi connectivity index (χ0n) is 8.93. The number of benzene rings is 1. The molecule has 5 N–H and O–H groups in total. The molecule has 1 aromatic rings. The SMILES string of the molecule is Cc1ccc([C@@H](CO)C(N)=O)c(C(N)=O)c1. The second-order valence-corrected chi connectivity index (χ2v) is 3.59. The highest BCUT2D eigenvalue weighted by Crippen LogP contribution is 2.20. The molecule has 1 atom stereocenters. The van der Waals surface area contributed by atoms with Crippen molar-refractivity contribution >= 4 is 11.8 Å². The third-order valence-corrected chi connectivity index (χ3v) is 2.38. The summed E-state index contributed by atoms with van der Waals surface area (Å²) < 4.78 is 0. The fourth-order valence-electron chi connectivity index (χ4n) is 1.53. The largest absolute Gasteiger partial charge is 0.395 e. The van der Waals surface area contributed by atoms with Crippen molar-refractivity contribution in [3.05, 3.63) is 34.9 Å². The minimum atomic E-state index is -0.900. The summed E-state index contributed by atoms with van der Waals surface area (Å²) in [5.74, 6) is -2.23. The van der Waals surface area contributed by atoms with E-state index in [1.807, 2.05) is 0 Å². The van der Waals surface area contributed by atoms with Crippen LogP contribution in [0.3, 0.4) is 0 Å². The Balaban J connectivity index is 3.31. The third kappa shape index (κ3) is 2.38. The van der Waals surface area contributed by atoms with E-state index in [2.05, 4.69) is 0 Å². The van der Waals surface area contributed by atoms with E-state index in [1.54, 1.807) is 25.1 Å². The first-order chi connectivity index (χ1) is 7.47. The number of hydrogen-bond acceptors (Lipinski definition) is 3. The lowest BCUT2D eigenvalue weighted by Crippen LogP contribution is -2.27. The summed E-state index contributed by atoms with van der Waals surface area (Å²) >= 11 is 0. The lowest BCUT2D eigenvalue weighted by Gasteiger charge is -2.14. The van der Waals surface area contributed by atoms with Crippen LogP contribution in [0, 0.1) is 6.92 Å². The molecule has 0 unspecified atom stereocenters. The lowest BCUT2D eigenvalue weighted by molar-refractivity contribution is -0.120. The van der Waals surface area contributed by atoms with Gasteiger partial charge >= 0.3 is 0 Å². The van der Waals surface area contributed by atoms with Gasteiger partial charge in [0.2, 0.25) is 11.8 Å². The zero-order chi connectivity index (χ0) is 12.3. The maximum Gasteiger partial charge on any atom is 0.249 e. The molecule has 1 rings (SSSR count). The summed E-state index contributed by atoms with van der Waals surface area (Å²) in [5, 5.41) is 9.07. The average Bonchev–Trinajstić information content (AvgIpc) is 2.20. The molecule has 0 aliphatic heterocycles. The van der Waals surface area contributed by atoms with Crippen LogP contribution >= 0.6 is 0 Å². The van der Waals surface area contributed by atoms with Gasteiger partial charge in [0.1, 0.15) is 0 Å². The van der Waals surface area contributed by atoms with E-state index in [0.29, 0.717) is 5.56 Å². The Bertz CT molecular complexity index is 429. The van der Waals surface area contributed by atoms with Gasteiger partial charge in [-0.15, -0.1) is 0 Å². The van der Waals surface area contributed by atoms with E-state index in [9.17, 15) is 9.59 Å². The van der Waals surface area contributed by atoms with Gasteiger partial charge in [-0.05, 0) is 18.6 Å². The van der Waals surface area contributed by atoms with Gasteiger partial charge in [-0.2, -0.15) is 0 Å². The summed E-state index contributed by atoms with van der Waals surface area (Å²) in [6.07, 6.45) is 0. The van der Waals surface area contributed by atoms with E-state index in [4.69, 9.17) is 16.6 Å². The van der Waals surface area contributed by atoms with Crippen molar-refractivity contribution in [2.24, 2.45) is 11.5 Å². The quantitative estimate of drug-likeness (QED) is 0.648. The first kappa shape index (κ1) is 12.2. The van der Waals surface area contributed by atoms with Crippen LogP contribution in [0.25, 0.3) is 0 Å². The molecular weight excluding hydrogens is 208 g/mol. The van der Waals surface area contributed by atoms with Crippen LogP contribution in [0.2, 0.25) is 0 Å². The molecule has 1 aromatic carbocycles. The topological polar surface area (TPSA) is 106 Å². The minimum Gasteiger partial charge on any atom is -0.395 e. The van der Waals surface area contributed by atoms with Crippen LogP contribution in [0.4, 0.5) is 0 Å². The van der Waals surface area contributed by atoms with E-state index in [0.717, 1.165) is 5.56 Å². The number of amides is 2. The molecule has 5 nitrogen and oxygen atoms in total. The van der Waals surface area contributed by atoms with Crippen molar-refractivity contribution in [1.29, 1.82) is 0 Å². The minimum absolute atomic E-state index is 0.220. The fourth-order valence-corrected chi connectivity index (χ4v) is 1.53. The molecule has 0 heterocycles. The molecule has 0 fully saturated rings. The summed E-state index contributed by atoms with van der Waals surface area (Å²) in [7, 11) is 0. The standard InChI is InChI=1S/C11H14N2O3/c1-6-2-3-7(8(4-6)10(12)15)9(5-14)11(13)16/h2-4,9,14H,5H2,1H3,(H2,12,15)(H2,13,16)/t9-/m1/s1. The van der Waals surface area contributed by atoms with Crippen LogP contribution in [-0.2, 0) is 4.79 Å². The Morgan fingerprint density at radius 1 is 1.38 bits per heavy atom. The summed E-state index contributed by atoms with van der Waals surface area (Å²) in [6.45, 7) is 1.35. The highest BCUT2D eigenvalue weighted by atomic mass is 16.3. The Morgan fingerprint density at radius 2 is 2.00 bits per heavy atom. The maximum absolute atomic E-state index is 11.2. The number of rotatable bonds is 4. The summed E-state index contributed by atoms with van der Waals surface area (Å²) in [4.78, 5) is 22.3. The van der Waals surface area contributed by atoms with E-state index in [1.165, 1.54) is 0 Å². The van der Waals surface area contributed by atoms with Crippen LogP contribution in [-0.4, -0.2) is 23.5 Å². The van der Waals surface area contributed by atoms with Crippen molar-refractivity contribution in [3.63, 3.8) is 0 Å². The molecule has 0 aromatic heterocycles. The number of carbonyl (C=O) groups is 2. The number of aryl methyl sites for hydroxylation is 1. The molecule has 0 bridgehead atoms. The monoisotopic (exact) mass is 222 g/mol. The molecule has 0 spiro atoms. The van der Waals surface area contributed by atoms with Crippen LogP contribution < -0.4 is 11.5 Å². The molecule has 0 saturated carbocycles. The number of carbonyl (C=O) groups excluding carboxylic acids is 2. The van der Waals surface area contributed by atoms with Gasteiger partial charge in [0, 0.05) is 5.56 Å². The van der Waals surface area contributed by atoms with Gasteiger partial charge in [-0.3, -0.25) is 9.59 Å². The summed E-state index contributed by atoms with van der Waals surface area (Å²) in [6, 6.07) is 4.89. The molecule has 5 heteroatoms. The van der Waals surface area contributed by atoms with Gasteiger partial charge in [-0.25, -0.2) is 0 Å². The van der Waals surface area contributed by atoms with Crippen LogP contribution in [0.5, 0.6) is 0 Å². The molecule has 0 radical (unpaired) electrons. The van der Waals surface area contributed by atoms with Crippen LogP contribution in [0.15, 0.2) is 18.2 Å². The predicted octanol–water partition coefficient (Wildman–Crippen LogP) is -0.345. The molecule has 0 saturated heterocycles. The molecule has 86 valence electrons. The fraction of sp³-hybridized carbons (Fsp3) is 0.273. The molecule has 2 amide bonds. The molecule has 0 aliphatic rings. The maximum atomic E-state index is 11.2. The molecule has 16 heavy (non-hydrogen) atoms. The second kappa shape index (κ2) is 4.76. The van der Waals surface area contributed by atoms with Crippen molar-refractivity contribution in [2.75, 3.05) is 6.61 Å². The van der Waals surface area contributed by atoms with Gasteiger partial charge in [-0.1, -0.05) is 17.7 Å². The van der Waals surface area contributed by atoms with Crippen molar-refractivity contribution in [3.8, 4) is 0 Å². The number of primary amides is 2. The predicted molar refractivity (Wildman–Crippen MR) is 58.7 cm³/mol. The van der Waals surface area contributed by atoms with E-state index in [-0.39, 0.29) is 5.56 Å². The van der Waals surface area contributed by atoms with E-state index < -0.39 is 24.3 Å². The normalized spacial score (nSPS) is 12.1. The van der Waals surface area contributed by atoms with Crippen molar-refractivity contribution in [2.45, 2.75) is 12.8 Å². The Hall–Kier alpha value is -1.88. The lowest BCUT2D eigenvalue weighted by atomic mass is 9.92. The van der Waals surface area contributed by atoms with Gasteiger partial charge < -0.3 is 16.6 Å². The van der Waals surface area contributed by atoms with Crippen molar-refractivity contribution in [1.82, 2.24) is 0 Å². The van der Waals surface area contributed by atoms with E-state index >= 15 is 0 Å². The van der Waals surface area contributed by atoms with Gasteiger partial charge in [0.15, 0.2) is 0 Å². The van der Waals surface area contributed by atoms with Gasteiger partial charge in [0.25, 0.3) is 0 Å². The highest BCUT2D eigenvalue weighted by Gasteiger charge is 2.21. The van der Waals surface area contributed by atoms with Crippen LogP contribution in [0.1, 0.15) is 27.4 Å². The number of nitrogens with two attached hydrogens (primary N) is 2. The number of hydrogen-bond donors (Lipinski definition) is 3. The first-order valence-electron chi connectivity index (χ1n) is 4.78. The molecular formula is C11H14N2O3. The van der Waals surface area contributed by atoms with Crippen molar-refractivity contribution < 1.29 is 14.7 Å². The van der Waals surface area contributed by atoms with Gasteiger partial charge in [0.05, 0.1) is 12.5 Å².